The molecule has 5 heteroatoms. The fourth-order valence-corrected chi connectivity index (χ4v) is 2.58. The smallest absolute Gasteiger partial charge is 0.252 e. The normalized spacial score (nSPS) is 10.3. The van der Waals surface area contributed by atoms with Crippen LogP contribution in [0.4, 0.5) is 0 Å². The molecule has 98 valence electrons. The summed E-state index contributed by atoms with van der Waals surface area (Å²) in [6.45, 7) is 2.42. The number of benzene rings is 1. The second-order valence-electron chi connectivity index (χ2n) is 4.07. The van der Waals surface area contributed by atoms with Crippen LogP contribution in [-0.4, -0.2) is 10.9 Å². The van der Waals surface area contributed by atoms with Gasteiger partial charge in [-0.15, -0.1) is 0 Å². The Morgan fingerprint density at radius 1 is 1.42 bits per heavy atom. The van der Waals surface area contributed by atoms with Gasteiger partial charge in [-0.05, 0) is 59.3 Å². The van der Waals surface area contributed by atoms with E-state index in [4.69, 9.17) is 0 Å². The van der Waals surface area contributed by atoms with Crippen LogP contribution in [0.3, 0.4) is 0 Å². The fraction of sp³-hybridized carbons (Fsp3) is 0.143. The maximum absolute atomic E-state index is 12.1. The molecule has 0 fully saturated rings. The van der Waals surface area contributed by atoms with Crippen LogP contribution in [-0.2, 0) is 6.54 Å². The molecular weight excluding hydrogens is 419 g/mol. The van der Waals surface area contributed by atoms with E-state index in [1.54, 1.807) is 6.20 Å². The lowest BCUT2D eigenvalue weighted by molar-refractivity contribution is 0.0949. The van der Waals surface area contributed by atoms with Gasteiger partial charge in [0.2, 0.25) is 0 Å². The van der Waals surface area contributed by atoms with Crippen LogP contribution in [0.5, 0.6) is 0 Å². The van der Waals surface area contributed by atoms with E-state index in [-0.39, 0.29) is 5.91 Å². The highest BCUT2D eigenvalue weighted by Gasteiger charge is 2.10. The highest BCUT2D eigenvalue weighted by Crippen LogP contribution is 2.18. The monoisotopic (exact) mass is 430 g/mol. The van der Waals surface area contributed by atoms with Crippen molar-refractivity contribution in [3.05, 3.63) is 61.4 Å². The van der Waals surface area contributed by atoms with E-state index in [1.165, 1.54) is 0 Å². The Hall–Kier alpha value is -0.950. The predicted octanol–water partition coefficient (Wildman–Crippen LogP) is 3.69. The van der Waals surface area contributed by atoms with Crippen molar-refractivity contribution in [2.45, 2.75) is 13.5 Å². The lowest BCUT2D eigenvalue weighted by atomic mass is 10.2. The molecular formula is C14H12BrIN2O. The van der Waals surface area contributed by atoms with Crippen molar-refractivity contribution in [2.75, 3.05) is 0 Å². The first-order chi connectivity index (χ1) is 9.08. The number of carbonyl (C=O) groups excluding carboxylic acids is 1. The molecule has 0 radical (unpaired) electrons. The molecule has 0 aliphatic heterocycles. The van der Waals surface area contributed by atoms with Gasteiger partial charge in [-0.1, -0.05) is 22.0 Å². The van der Waals surface area contributed by atoms with Crippen LogP contribution in [0.1, 0.15) is 21.6 Å². The molecule has 0 aliphatic rings. The molecule has 0 saturated carbocycles. The van der Waals surface area contributed by atoms with Crippen LogP contribution in [0, 0.1) is 10.5 Å². The molecule has 2 aromatic rings. The van der Waals surface area contributed by atoms with Gasteiger partial charge in [-0.25, -0.2) is 0 Å². The average molecular weight is 431 g/mol. The van der Waals surface area contributed by atoms with Crippen LogP contribution in [0.15, 0.2) is 41.0 Å². The summed E-state index contributed by atoms with van der Waals surface area (Å²) in [6.07, 6.45) is 1.73. The lowest BCUT2D eigenvalue weighted by Gasteiger charge is -2.08. The van der Waals surface area contributed by atoms with Crippen molar-refractivity contribution in [3.63, 3.8) is 0 Å². The van der Waals surface area contributed by atoms with Gasteiger partial charge in [-0.2, -0.15) is 0 Å². The molecule has 0 unspecified atom stereocenters. The minimum atomic E-state index is -0.0873. The first-order valence-electron chi connectivity index (χ1n) is 5.71. The average Bonchev–Trinajstić information content (AvgIpc) is 2.40. The Balaban J connectivity index is 2.10. The number of halogens is 2. The number of hydrogen-bond acceptors (Lipinski definition) is 2. The summed E-state index contributed by atoms with van der Waals surface area (Å²) in [4.78, 5) is 16.4. The quantitative estimate of drug-likeness (QED) is 0.754. The number of nitrogens with zero attached hydrogens (tertiary/aromatic N) is 1. The van der Waals surface area contributed by atoms with Crippen molar-refractivity contribution in [1.29, 1.82) is 0 Å². The van der Waals surface area contributed by atoms with Crippen LogP contribution >= 0.6 is 38.5 Å². The highest BCUT2D eigenvalue weighted by atomic mass is 127. The number of carbonyl (C=O) groups is 1. The van der Waals surface area contributed by atoms with Crippen LogP contribution in [0.25, 0.3) is 0 Å². The van der Waals surface area contributed by atoms with Gasteiger partial charge in [0.05, 0.1) is 17.8 Å². The zero-order chi connectivity index (χ0) is 13.8. The van der Waals surface area contributed by atoms with E-state index >= 15 is 0 Å². The Morgan fingerprint density at radius 3 is 2.95 bits per heavy atom. The van der Waals surface area contributed by atoms with Crippen molar-refractivity contribution < 1.29 is 4.79 Å². The minimum Gasteiger partial charge on any atom is -0.346 e. The standard InChI is InChI=1S/C14H12BrIN2O/c1-9-3-2-6-17-13(9)8-18-14(19)11-7-10(15)4-5-12(11)16/h2-7H,8H2,1H3,(H,18,19). The molecule has 19 heavy (non-hydrogen) atoms. The summed E-state index contributed by atoms with van der Waals surface area (Å²) in [5.41, 5.74) is 2.64. The molecule has 1 aromatic heterocycles. The Kier molecular flexibility index (Phi) is 4.93. The molecule has 0 bridgehead atoms. The minimum absolute atomic E-state index is 0.0873. The number of nitrogens with one attached hydrogen (secondary N) is 1. The SMILES string of the molecule is Cc1cccnc1CNC(=O)c1cc(Br)ccc1I. The predicted molar refractivity (Wildman–Crippen MR) is 87.0 cm³/mol. The lowest BCUT2D eigenvalue weighted by Crippen LogP contribution is -2.24. The third-order valence-electron chi connectivity index (χ3n) is 2.71. The second kappa shape index (κ2) is 6.47. The summed E-state index contributed by atoms with van der Waals surface area (Å²) >= 11 is 5.53. The maximum atomic E-state index is 12.1. The number of rotatable bonds is 3. The van der Waals surface area contributed by atoms with Gasteiger partial charge >= 0.3 is 0 Å². The second-order valence-corrected chi connectivity index (χ2v) is 6.15. The maximum Gasteiger partial charge on any atom is 0.252 e. The number of aryl methyl sites for hydroxylation is 1. The molecule has 3 nitrogen and oxygen atoms in total. The number of aromatic nitrogens is 1. The van der Waals surface area contributed by atoms with E-state index in [2.05, 4.69) is 48.8 Å². The van der Waals surface area contributed by atoms with E-state index in [9.17, 15) is 4.79 Å². The first kappa shape index (κ1) is 14.5. The molecule has 1 N–H and O–H groups in total. The van der Waals surface area contributed by atoms with Crippen molar-refractivity contribution in [1.82, 2.24) is 10.3 Å². The molecule has 1 aromatic carbocycles. The molecule has 0 spiro atoms. The molecule has 2 rings (SSSR count). The molecule has 0 aliphatic carbocycles. The summed E-state index contributed by atoms with van der Waals surface area (Å²) in [5, 5.41) is 2.90. The number of pyridine rings is 1. The number of hydrogen-bond donors (Lipinski definition) is 1. The molecule has 0 atom stereocenters. The molecule has 1 amide bonds. The summed E-state index contributed by atoms with van der Waals surface area (Å²) in [7, 11) is 0. The van der Waals surface area contributed by atoms with Crippen molar-refractivity contribution >= 4 is 44.4 Å². The topological polar surface area (TPSA) is 42.0 Å². The van der Waals surface area contributed by atoms with Gasteiger partial charge in [0.25, 0.3) is 5.91 Å². The Bertz CT molecular complexity index is 616. The van der Waals surface area contributed by atoms with E-state index in [0.29, 0.717) is 12.1 Å². The largest absolute Gasteiger partial charge is 0.346 e. The van der Waals surface area contributed by atoms with Gasteiger partial charge in [0, 0.05) is 14.2 Å². The highest BCUT2D eigenvalue weighted by molar-refractivity contribution is 14.1. The van der Waals surface area contributed by atoms with Gasteiger partial charge < -0.3 is 5.32 Å². The third kappa shape index (κ3) is 3.76. The van der Waals surface area contributed by atoms with Crippen LogP contribution < -0.4 is 5.32 Å². The van der Waals surface area contributed by atoms with Gasteiger partial charge in [0.15, 0.2) is 0 Å². The van der Waals surface area contributed by atoms with Gasteiger partial charge in [0.1, 0.15) is 0 Å². The Labute approximate surface area is 134 Å². The van der Waals surface area contributed by atoms with E-state index in [0.717, 1.165) is 19.3 Å². The Morgan fingerprint density at radius 2 is 2.21 bits per heavy atom. The van der Waals surface area contributed by atoms with Crippen molar-refractivity contribution in [2.24, 2.45) is 0 Å². The van der Waals surface area contributed by atoms with E-state index in [1.807, 2.05) is 37.3 Å². The fourth-order valence-electron chi connectivity index (χ4n) is 1.63. The molecule has 0 saturated heterocycles. The van der Waals surface area contributed by atoms with E-state index < -0.39 is 0 Å². The zero-order valence-electron chi connectivity index (χ0n) is 10.3. The summed E-state index contributed by atoms with van der Waals surface area (Å²) < 4.78 is 1.82. The first-order valence-corrected chi connectivity index (χ1v) is 7.59. The molecule has 1 heterocycles. The summed E-state index contributed by atoms with van der Waals surface area (Å²) in [5.74, 6) is -0.0873. The third-order valence-corrected chi connectivity index (χ3v) is 4.14. The van der Waals surface area contributed by atoms with Crippen molar-refractivity contribution in [3.8, 4) is 0 Å². The van der Waals surface area contributed by atoms with Crippen LogP contribution in [0.2, 0.25) is 0 Å². The van der Waals surface area contributed by atoms with Gasteiger partial charge in [-0.3, -0.25) is 9.78 Å². The summed E-state index contributed by atoms with van der Waals surface area (Å²) in [6, 6.07) is 9.52. The number of amides is 1. The zero-order valence-corrected chi connectivity index (χ0v) is 14.0.